The third kappa shape index (κ3) is 4.23. The van der Waals surface area contributed by atoms with Crippen molar-refractivity contribution in [2.45, 2.75) is 6.42 Å². The number of rotatable bonds is 6. The molecule has 0 aliphatic heterocycles. The van der Waals surface area contributed by atoms with Crippen molar-refractivity contribution in [3.63, 3.8) is 0 Å². The monoisotopic (exact) mass is 239 g/mol. The molecule has 0 saturated carbocycles. The van der Waals surface area contributed by atoms with Gasteiger partial charge in [-0.15, -0.1) is 5.10 Å². The van der Waals surface area contributed by atoms with Gasteiger partial charge in [-0.1, -0.05) is 5.16 Å². The summed E-state index contributed by atoms with van der Waals surface area (Å²) in [6.07, 6.45) is 2.32. The molecule has 0 aliphatic carbocycles. The van der Waals surface area contributed by atoms with E-state index in [-0.39, 0.29) is 11.7 Å². The van der Waals surface area contributed by atoms with Gasteiger partial charge in [0.1, 0.15) is 0 Å². The van der Waals surface area contributed by atoms with Crippen LogP contribution in [-0.4, -0.2) is 53.4 Å². The van der Waals surface area contributed by atoms with Crippen molar-refractivity contribution in [3.8, 4) is 5.88 Å². The number of nitrogens with zero attached hydrogens (tertiary/aromatic N) is 4. The summed E-state index contributed by atoms with van der Waals surface area (Å²) < 4.78 is 5.44. The van der Waals surface area contributed by atoms with Gasteiger partial charge in [0, 0.05) is 6.54 Å². The minimum atomic E-state index is -0.0393. The zero-order valence-electron chi connectivity index (χ0n) is 10.00. The third-order valence-corrected chi connectivity index (χ3v) is 2.06. The molecule has 0 radical (unpaired) electrons. The van der Waals surface area contributed by atoms with Crippen molar-refractivity contribution in [1.82, 2.24) is 15.1 Å². The van der Waals surface area contributed by atoms with Gasteiger partial charge >= 0.3 is 0 Å². The smallest absolute Gasteiger partial charge is 0.244 e. The fraction of sp³-hybridized carbons (Fsp3) is 0.500. The second kappa shape index (κ2) is 6.64. The molecule has 7 heteroatoms. The van der Waals surface area contributed by atoms with Gasteiger partial charge in [-0.05, 0) is 26.6 Å². The fourth-order valence-electron chi connectivity index (χ4n) is 1.22. The van der Waals surface area contributed by atoms with E-state index in [4.69, 9.17) is 15.7 Å². The molecule has 1 heterocycles. The summed E-state index contributed by atoms with van der Waals surface area (Å²) in [5.41, 5.74) is 5.93. The van der Waals surface area contributed by atoms with Gasteiger partial charge in [-0.25, -0.2) is 0 Å². The summed E-state index contributed by atoms with van der Waals surface area (Å²) in [6.45, 7) is 1.42. The molecule has 1 aromatic heterocycles. The predicted molar refractivity (Wildman–Crippen MR) is 63.2 cm³/mol. The molecule has 1 rings (SSSR count). The van der Waals surface area contributed by atoms with E-state index < -0.39 is 0 Å². The van der Waals surface area contributed by atoms with Crippen LogP contribution in [0.5, 0.6) is 5.88 Å². The molecule has 17 heavy (non-hydrogen) atoms. The molecule has 0 fully saturated rings. The predicted octanol–water partition coefficient (Wildman–Crippen LogP) is -0.0984. The highest BCUT2D eigenvalue weighted by Crippen LogP contribution is 2.12. The number of hydrogen-bond acceptors (Lipinski definition) is 6. The number of oxime groups is 1. The molecule has 1 aromatic rings. The van der Waals surface area contributed by atoms with E-state index in [9.17, 15) is 0 Å². The van der Waals surface area contributed by atoms with Crippen LogP contribution in [0.25, 0.3) is 0 Å². The van der Waals surface area contributed by atoms with Crippen LogP contribution in [-0.2, 0) is 0 Å². The lowest BCUT2D eigenvalue weighted by atomic mass is 10.3. The average Bonchev–Trinajstić information content (AvgIpc) is 2.34. The highest BCUT2D eigenvalue weighted by Gasteiger charge is 2.09. The lowest BCUT2D eigenvalue weighted by molar-refractivity contribution is 0.269. The van der Waals surface area contributed by atoms with Crippen molar-refractivity contribution in [2.24, 2.45) is 10.9 Å². The standard InChI is InChI=1S/C10H17N5O2/c1-15(2)6-3-7-17-10-8(9(11)14-16)4-5-12-13-10/h4-5,16H,3,6-7H2,1-2H3,(H2,11,14). The van der Waals surface area contributed by atoms with Crippen LogP contribution < -0.4 is 10.5 Å². The van der Waals surface area contributed by atoms with Gasteiger partial charge in [0.2, 0.25) is 5.88 Å². The molecule has 0 bridgehead atoms. The maximum Gasteiger partial charge on any atom is 0.244 e. The first-order chi connectivity index (χ1) is 8.15. The molecule has 7 nitrogen and oxygen atoms in total. The lowest BCUT2D eigenvalue weighted by Crippen LogP contribution is -2.18. The average molecular weight is 239 g/mol. The van der Waals surface area contributed by atoms with Crippen molar-refractivity contribution in [2.75, 3.05) is 27.2 Å². The maximum absolute atomic E-state index is 8.61. The second-order valence-corrected chi connectivity index (χ2v) is 3.74. The van der Waals surface area contributed by atoms with Crippen molar-refractivity contribution >= 4 is 5.84 Å². The van der Waals surface area contributed by atoms with Crippen LogP contribution in [0.2, 0.25) is 0 Å². The SMILES string of the molecule is CN(C)CCCOc1nnccc1/C(N)=N/O. The van der Waals surface area contributed by atoms with Crippen LogP contribution in [0.1, 0.15) is 12.0 Å². The molecule has 3 N–H and O–H groups in total. The number of hydrogen-bond donors (Lipinski definition) is 2. The van der Waals surface area contributed by atoms with Crippen LogP contribution in [0, 0.1) is 0 Å². The fourth-order valence-corrected chi connectivity index (χ4v) is 1.22. The summed E-state index contributed by atoms with van der Waals surface area (Å²) in [5.74, 6) is 0.240. The Morgan fingerprint density at radius 2 is 2.35 bits per heavy atom. The zero-order valence-corrected chi connectivity index (χ0v) is 10.00. The quantitative estimate of drug-likeness (QED) is 0.236. The van der Waals surface area contributed by atoms with Crippen LogP contribution in [0.3, 0.4) is 0 Å². The van der Waals surface area contributed by atoms with E-state index in [2.05, 4.69) is 20.3 Å². The first-order valence-corrected chi connectivity index (χ1v) is 5.22. The van der Waals surface area contributed by atoms with Crippen molar-refractivity contribution < 1.29 is 9.94 Å². The van der Waals surface area contributed by atoms with Gasteiger partial charge in [0.25, 0.3) is 0 Å². The molecule has 94 valence electrons. The summed E-state index contributed by atoms with van der Waals surface area (Å²) in [5, 5.41) is 19.0. The second-order valence-electron chi connectivity index (χ2n) is 3.74. The van der Waals surface area contributed by atoms with E-state index in [1.54, 1.807) is 6.07 Å². The highest BCUT2D eigenvalue weighted by atomic mass is 16.5. The summed E-state index contributed by atoms with van der Waals surface area (Å²) in [6, 6.07) is 1.59. The van der Waals surface area contributed by atoms with Crippen LogP contribution in [0.4, 0.5) is 0 Å². The van der Waals surface area contributed by atoms with Crippen molar-refractivity contribution in [1.29, 1.82) is 0 Å². The topological polar surface area (TPSA) is 96.9 Å². The Balaban J connectivity index is 2.58. The molecule has 0 amide bonds. The molecule has 0 aliphatic rings. The molecule has 0 saturated heterocycles. The normalized spacial score (nSPS) is 11.8. The largest absolute Gasteiger partial charge is 0.476 e. The molecule has 0 atom stereocenters. The summed E-state index contributed by atoms with van der Waals surface area (Å²) >= 11 is 0. The van der Waals surface area contributed by atoms with Crippen molar-refractivity contribution in [3.05, 3.63) is 17.8 Å². The van der Waals surface area contributed by atoms with E-state index in [0.717, 1.165) is 13.0 Å². The first-order valence-electron chi connectivity index (χ1n) is 5.22. The van der Waals surface area contributed by atoms with E-state index in [1.165, 1.54) is 6.20 Å². The molecule has 0 aromatic carbocycles. The maximum atomic E-state index is 8.61. The third-order valence-electron chi connectivity index (χ3n) is 2.06. The highest BCUT2D eigenvalue weighted by molar-refractivity contribution is 5.98. The number of amidine groups is 1. The van der Waals surface area contributed by atoms with Crippen LogP contribution in [0.15, 0.2) is 17.4 Å². The van der Waals surface area contributed by atoms with Crippen LogP contribution >= 0.6 is 0 Å². The van der Waals surface area contributed by atoms with E-state index in [0.29, 0.717) is 12.2 Å². The lowest BCUT2D eigenvalue weighted by Gasteiger charge is -2.11. The molecule has 0 unspecified atom stereocenters. The molecule has 0 spiro atoms. The summed E-state index contributed by atoms with van der Waals surface area (Å²) in [7, 11) is 3.98. The molecular weight excluding hydrogens is 222 g/mol. The molecular formula is C10H17N5O2. The number of aromatic nitrogens is 2. The first kappa shape index (κ1) is 13.2. The van der Waals surface area contributed by atoms with Gasteiger partial charge in [0.15, 0.2) is 5.84 Å². The zero-order chi connectivity index (χ0) is 12.7. The minimum Gasteiger partial charge on any atom is -0.476 e. The number of ether oxygens (including phenoxy) is 1. The Morgan fingerprint density at radius 1 is 1.59 bits per heavy atom. The number of nitrogens with two attached hydrogens (primary N) is 1. The van der Waals surface area contributed by atoms with Gasteiger partial charge in [0.05, 0.1) is 18.4 Å². The minimum absolute atomic E-state index is 0.0393. The Labute approximate surface area is 99.9 Å². The Bertz CT molecular complexity index is 381. The van der Waals surface area contributed by atoms with Gasteiger partial charge in [-0.3, -0.25) is 0 Å². The van der Waals surface area contributed by atoms with Gasteiger partial charge in [-0.2, -0.15) is 5.10 Å². The Kier molecular flexibility index (Phi) is 5.15. The van der Waals surface area contributed by atoms with E-state index >= 15 is 0 Å². The summed E-state index contributed by atoms with van der Waals surface area (Å²) in [4.78, 5) is 2.06. The van der Waals surface area contributed by atoms with Gasteiger partial charge < -0.3 is 20.6 Å². The van der Waals surface area contributed by atoms with E-state index in [1.807, 2.05) is 14.1 Å². The Morgan fingerprint density at radius 3 is 3.00 bits per heavy atom. The Hall–Kier alpha value is -1.89.